The lowest BCUT2D eigenvalue weighted by molar-refractivity contribution is 0.161. The van der Waals surface area contributed by atoms with Crippen LogP contribution in [0.1, 0.15) is 29.7 Å². The van der Waals surface area contributed by atoms with Crippen molar-refractivity contribution in [1.82, 2.24) is 0 Å². The van der Waals surface area contributed by atoms with Gasteiger partial charge < -0.3 is 15.6 Å². The number of ether oxygens (including phenoxy) is 1. The molecular formula is C15H14BrNO2. The first-order valence-electron chi connectivity index (χ1n) is 6.14. The smallest absolute Gasteiger partial charge is 0.126 e. The Morgan fingerprint density at radius 3 is 2.63 bits per heavy atom. The van der Waals surface area contributed by atoms with Crippen LogP contribution in [0.3, 0.4) is 0 Å². The van der Waals surface area contributed by atoms with E-state index < -0.39 is 0 Å². The normalized spacial score (nSPS) is 21.6. The Morgan fingerprint density at radius 2 is 1.89 bits per heavy atom. The molecular weight excluding hydrogens is 306 g/mol. The number of aromatic hydroxyl groups is 1. The summed E-state index contributed by atoms with van der Waals surface area (Å²) in [4.78, 5) is 0. The highest BCUT2D eigenvalue weighted by molar-refractivity contribution is 9.10. The van der Waals surface area contributed by atoms with Gasteiger partial charge in [0.2, 0.25) is 0 Å². The van der Waals surface area contributed by atoms with Gasteiger partial charge in [0.1, 0.15) is 17.6 Å². The summed E-state index contributed by atoms with van der Waals surface area (Å²) < 4.78 is 6.99. The summed E-state index contributed by atoms with van der Waals surface area (Å²) in [6.45, 7) is 0. The van der Waals surface area contributed by atoms with Crippen LogP contribution in [0.5, 0.6) is 11.5 Å². The Balaban J connectivity index is 1.93. The minimum atomic E-state index is -0.0719. The van der Waals surface area contributed by atoms with E-state index in [9.17, 15) is 5.11 Å². The maximum absolute atomic E-state index is 9.33. The summed E-state index contributed by atoms with van der Waals surface area (Å²) in [6.07, 6.45) is 0.664. The lowest BCUT2D eigenvalue weighted by Gasteiger charge is -2.30. The average molecular weight is 320 g/mol. The molecule has 0 saturated carbocycles. The minimum Gasteiger partial charge on any atom is -0.508 e. The third-order valence-corrected chi connectivity index (χ3v) is 3.87. The van der Waals surface area contributed by atoms with E-state index in [1.165, 1.54) is 0 Å². The number of nitrogens with two attached hydrogens (primary N) is 1. The average Bonchev–Trinajstić information content (AvgIpc) is 2.38. The topological polar surface area (TPSA) is 55.5 Å². The van der Waals surface area contributed by atoms with E-state index in [0.717, 1.165) is 27.8 Å². The predicted octanol–water partition coefficient (Wildman–Crippen LogP) is 3.68. The van der Waals surface area contributed by atoms with Crippen molar-refractivity contribution in [2.75, 3.05) is 0 Å². The van der Waals surface area contributed by atoms with Crippen LogP contribution in [0.25, 0.3) is 0 Å². The zero-order valence-electron chi connectivity index (χ0n) is 10.2. The minimum absolute atomic E-state index is 0.0318. The maximum atomic E-state index is 9.33. The monoisotopic (exact) mass is 319 g/mol. The van der Waals surface area contributed by atoms with Gasteiger partial charge >= 0.3 is 0 Å². The number of phenolic OH excluding ortho intramolecular Hbond substituents is 1. The first-order chi connectivity index (χ1) is 9.13. The summed E-state index contributed by atoms with van der Waals surface area (Å²) in [5, 5.41) is 9.33. The van der Waals surface area contributed by atoms with Crippen LogP contribution < -0.4 is 10.5 Å². The van der Waals surface area contributed by atoms with Crippen molar-refractivity contribution < 1.29 is 9.84 Å². The van der Waals surface area contributed by atoms with Gasteiger partial charge in [-0.1, -0.05) is 34.1 Å². The van der Waals surface area contributed by atoms with Gasteiger partial charge in [-0.15, -0.1) is 0 Å². The summed E-state index contributed by atoms with van der Waals surface area (Å²) in [5.74, 6) is 1.08. The summed E-state index contributed by atoms with van der Waals surface area (Å²) in [6, 6.07) is 13.0. The number of hydrogen-bond donors (Lipinski definition) is 2. The van der Waals surface area contributed by atoms with Crippen molar-refractivity contribution >= 4 is 15.9 Å². The summed E-state index contributed by atoms with van der Waals surface area (Å²) in [5.41, 5.74) is 8.28. The van der Waals surface area contributed by atoms with Gasteiger partial charge in [-0.2, -0.15) is 0 Å². The molecule has 1 heterocycles. The fraction of sp³-hybridized carbons (Fsp3) is 0.200. The van der Waals surface area contributed by atoms with Crippen molar-refractivity contribution in [2.24, 2.45) is 5.73 Å². The molecule has 2 aromatic rings. The van der Waals surface area contributed by atoms with Crippen LogP contribution in [0, 0.1) is 0 Å². The number of phenols is 1. The molecule has 0 radical (unpaired) electrons. The molecule has 0 aliphatic carbocycles. The van der Waals surface area contributed by atoms with Gasteiger partial charge in [0, 0.05) is 22.5 Å². The van der Waals surface area contributed by atoms with Gasteiger partial charge in [-0.05, 0) is 29.8 Å². The lowest BCUT2D eigenvalue weighted by atomic mass is 9.93. The number of halogens is 1. The number of rotatable bonds is 1. The fourth-order valence-corrected chi connectivity index (χ4v) is 2.71. The van der Waals surface area contributed by atoms with Crippen LogP contribution in [0.15, 0.2) is 46.9 Å². The first-order valence-corrected chi connectivity index (χ1v) is 6.93. The van der Waals surface area contributed by atoms with Crippen LogP contribution in [0.2, 0.25) is 0 Å². The van der Waals surface area contributed by atoms with E-state index in [1.54, 1.807) is 12.1 Å². The van der Waals surface area contributed by atoms with Gasteiger partial charge in [0.15, 0.2) is 0 Å². The molecule has 0 aromatic heterocycles. The largest absolute Gasteiger partial charge is 0.508 e. The molecule has 3 rings (SSSR count). The Bertz CT molecular complexity index is 598. The van der Waals surface area contributed by atoms with Crippen molar-refractivity contribution in [3.05, 3.63) is 58.1 Å². The standard InChI is InChI=1S/C15H14BrNO2/c16-10-3-6-12-13(17)8-14(19-15(12)7-10)9-1-4-11(18)5-2-9/h1-7,13-14,18H,8,17H2/t13-,14?/m0/s1. The van der Waals surface area contributed by atoms with E-state index in [-0.39, 0.29) is 17.9 Å². The third kappa shape index (κ3) is 2.46. The molecule has 0 spiro atoms. The predicted molar refractivity (Wildman–Crippen MR) is 77.2 cm³/mol. The summed E-state index contributed by atoms with van der Waals surface area (Å²) >= 11 is 3.44. The SMILES string of the molecule is N[C@H]1CC(c2ccc(O)cc2)Oc2cc(Br)ccc21. The Hall–Kier alpha value is -1.52. The number of fused-ring (bicyclic) bond motifs is 1. The highest BCUT2D eigenvalue weighted by Gasteiger charge is 2.27. The number of benzene rings is 2. The van der Waals surface area contributed by atoms with Crippen molar-refractivity contribution in [3.63, 3.8) is 0 Å². The Labute approximate surface area is 120 Å². The zero-order valence-corrected chi connectivity index (χ0v) is 11.8. The molecule has 0 amide bonds. The van der Waals surface area contributed by atoms with E-state index in [4.69, 9.17) is 10.5 Å². The molecule has 98 valence electrons. The number of hydrogen-bond acceptors (Lipinski definition) is 3. The van der Waals surface area contributed by atoms with Gasteiger partial charge in [0.05, 0.1) is 0 Å². The second-order valence-corrected chi connectivity index (χ2v) is 5.64. The zero-order chi connectivity index (χ0) is 13.4. The highest BCUT2D eigenvalue weighted by Crippen LogP contribution is 2.40. The fourth-order valence-electron chi connectivity index (χ4n) is 2.37. The van der Waals surface area contributed by atoms with E-state index >= 15 is 0 Å². The van der Waals surface area contributed by atoms with Gasteiger partial charge in [0.25, 0.3) is 0 Å². The Kier molecular flexibility index (Phi) is 3.21. The Morgan fingerprint density at radius 1 is 1.16 bits per heavy atom. The lowest BCUT2D eigenvalue weighted by Crippen LogP contribution is -2.24. The second-order valence-electron chi connectivity index (χ2n) is 4.72. The first kappa shape index (κ1) is 12.5. The van der Waals surface area contributed by atoms with Gasteiger partial charge in [-0.3, -0.25) is 0 Å². The van der Waals surface area contributed by atoms with Gasteiger partial charge in [-0.25, -0.2) is 0 Å². The third-order valence-electron chi connectivity index (χ3n) is 3.38. The van der Waals surface area contributed by atoms with Crippen LogP contribution in [0.4, 0.5) is 0 Å². The quantitative estimate of drug-likeness (QED) is 0.843. The van der Waals surface area contributed by atoms with Crippen LogP contribution in [-0.2, 0) is 0 Å². The van der Waals surface area contributed by atoms with E-state index in [1.807, 2.05) is 30.3 Å². The van der Waals surface area contributed by atoms with E-state index in [0.29, 0.717) is 0 Å². The molecule has 2 aromatic carbocycles. The molecule has 3 N–H and O–H groups in total. The molecule has 1 unspecified atom stereocenters. The van der Waals surface area contributed by atoms with Crippen LogP contribution >= 0.6 is 15.9 Å². The maximum Gasteiger partial charge on any atom is 0.126 e. The molecule has 19 heavy (non-hydrogen) atoms. The van der Waals surface area contributed by atoms with Crippen LogP contribution in [-0.4, -0.2) is 5.11 Å². The molecule has 2 atom stereocenters. The second kappa shape index (κ2) is 4.87. The van der Waals surface area contributed by atoms with Crippen molar-refractivity contribution in [1.29, 1.82) is 0 Å². The molecule has 1 aliphatic rings. The van der Waals surface area contributed by atoms with E-state index in [2.05, 4.69) is 15.9 Å². The highest BCUT2D eigenvalue weighted by atomic mass is 79.9. The molecule has 3 nitrogen and oxygen atoms in total. The molecule has 0 fully saturated rings. The molecule has 0 bridgehead atoms. The molecule has 0 saturated heterocycles. The molecule has 4 heteroatoms. The van der Waals surface area contributed by atoms with Crippen molar-refractivity contribution in [3.8, 4) is 11.5 Å². The molecule has 1 aliphatic heterocycles. The van der Waals surface area contributed by atoms with Crippen molar-refractivity contribution in [2.45, 2.75) is 18.6 Å². The summed E-state index contributed by atoms with van der Waals surface area (Å²) in [7, 11) is 0.